The van der Waals surface area contributed by atoms with Crippen LogP contribution in [0.25, 0.3) is 11.3 Å². The van der Waals surface area contributed by atoms with E-state index in [0.29, 0.717) is 13.0 Å². The number of nitrogens with one attached hydrogen (secondary N) is 1. The van der Waals surface area contributed by atoms with Crippen LogP contribution in [-0.4, -0.2) is 51.3 Å². The predicted molar refractivity (Wildman–Crippen MR) is 89.5 cm³/mol. The Morgan fingerprint density at radius 2 is 2.14 bits per heavy atom. The van der Waals surface area contributed by atoms with Gasteiger partial charge in [0.1, 0.15) is 6.10 Å². The minimum atomic E-state index is -0.936. The second-order valence-electron chi connectivity index (χ2n) is 5.14. The average Bonchev–Trinajstić information content (AvgIpc) is 3.01. The molecule has 0 unspecified atom stereocenters. The molecule has 22 heavy (non-hydrogen) atoms. The predicted octanol–water partition coefficient (Wildman–Crippen LogP) is 2.15. The van der Waals surface area contributed by atoms with E-state index < -0.39 is 6.10 Å². The Morgan fingerprint density at radius 3 is 2.82 bits per heavy atom. The standard InChI is InChI=1S/C16H21N3O2S/c1-19(16(21)15(20)8-9-22-2)11-13-10-14(18-17-13)12-6-4-3-5-7-12/h3-7,10,15,20H,8-9,11H2,1-2H3,(H,17,18)/t15-/m1/s1. The number of carbonyl (C=O) groups is 1. The summed E-state index contributed by atoms with van der Waals surface area (Å²) in [5, 5.41) is 17.1. The lowest BCUT2D eigenvalue weighted by atomic mass is 10.1. The molecule has 2 N–H and O–H groups in total. The van der Waals surface area contributed by atoms with E-state index in [2.05, 4.69) is 10.2 Å². The van der Waals surface area contributed by atoms with Gasteiger partial charge in [-0.05, 0) is 24.5 Å². The quantitative estimate of drug-likeness (QED) is 0.820. The van der Waals surface area contributed by atoms with Crippen LogP contribution in [0.3, 0.4) is 0 Å². The molecule has 1 heterocycles. The number of aliphatic hydroxyl groups excluding tert-OH is 1. The van der Waals surface area contributed by atoms with Crippen LogP contribution in [-0.2, 0) is 11.3 Å². The van der Waals surface area contributed by atoms with E-state index in [1.807, 2.05) is 42.7 Å². The highest BCUT2D eigenvalue weighted by atomic mass is 32.2. The number of aromatic amines is 1. The lowest BCUT2D eigenvalue weighted by Gasteiger charge is -2.19. The van der Waals surface area contributed by atoms with Crippen molar-refractivity contribution in [2.75, 3.05) is 19.1 Å². The van der Waals surface area contributed by atoms with E-state index in [1.54, 1.807) is 18.8 Å². The molecular weight excluding hydrogens is 298 g/mol. The molecule has 0 saturated heterocycles. The molecule has 0 aliphatic heterocycles. The highest BCUT2D eigenvalue weighted by Gasteiger charge is 2.19. The number of benzene rings is 1. The van der Waals surface area contributed by atoms with Gasteiger partial charge in [0.05, 0.1) is 17.9 Å². The molecule has 5 nitrogen and oxygen atoms in total. The number of hydrogen-bond acceptors (Lipinski definition) is 4. The van der Waals surface area contributed by atoms with Crippen molar-refractivity contribution in [1.82, 2.24) is 15.1 Å². The molecule has 2 rings (SSSR count). The van der Waals surface area contributed by atoms with Gasteiger partial charge in [-0.25, -0.2) is 0 Å². The number of H-pyrrole nitrogens is 1. The Hall–Kier alpha value is -1.79. The monoisotopic (exact) mass is 319 g/mol. The summed E-state index contributed by atoms with van der Waals surface area (Å²) in [5.41, 5.74) is 2.71. The minimum absolute atomic E-state index is 0.259. The van der Waals surface area contributed by atoms with Gasteiger partial charge in [0.2, 0.25) is 0 Å². The molecule has 6 heteroatoms. The first-order chi connectivity index (χ1) is 10.6. The summed E-state index contributed by atoms with van der Waals surface area (Å²) in [5.74, 6) is 0.507. The summed E-state index contributed by atoms with van der Waals surface area (Å²) in [6.45, 7) is 0.398. The van der Waals surface area contributed by atoms with Crippen LogP contribution in [0.5, 0.6) is 0 Å². The smallest absolute Gasteiger partial charge is 0.251 e. The van der Waals surface area contributed by atoms with Crippen molar-refractivity contribution in [2.45, 2.75) is 19.1 Å². The molecule has 0 spiro atoms. The zero-order valence-corrected chi connectivity index (χ0v) is 13.6. The van der Waals surface area contributed by atoms with Crippen LogP contribution in [0.2, 0.25) is 0 Å². The van der Waals surface area contributed by atoms with Gasteiger partial charge in [0.15, 0.2) is 0 Å². The van der Waals surface area contributed by atoms with E-state index >= 15 is 0 Å². The topological polar surface area (TPSA) is 69.2 Å². The number of aliphatic hydroxyl groups is 1. The molecule has 2 aromatic rings. The number of aromatic nitrogens is 2. The van der Waals surface area contributed by atoms with Crippen molar-refractivity contribution in [2.24, 2.45) is 0 Å². The van der Waals surface area contributed by atoms with Gasteiger partial charge in [0, 0.05) is 12.6 Å². The van der Waals surface area contributed by atoms with E-state index in [4.69, 9.17) is 0 Å². The van der Waals surface area contributed by atoms with Gasteiger partial charge in [0.25, 0.3) is 5.91 Å². The van der Waals surface area contributed by atoms with Gasteiger partial charge in [-0.3, -0.25) is 9.89 Å². The molecule has 1 aromatic carbocycles. The van der Waals surface area contributed by atoms with Crippen LogP contribution in [0.1, 0.15) is 12.1 Å². The maximum Gasteiger partial charge on any atom is 0.251 e. The number of rotatable bonds is 7. The molecule has 1 atom stereocenters. The zero-order chi connectivity index (χ0) is 15.9. The molecule has 1 aromatic heterocycles. The van der Waals surface area contributed by atoms with Crippen molar-refractivity contribution in [1.29, 1.82) is 0 Å². The van der Waals surface area contributed by atoms with Crippen molar-refractivity contribution < 1.29 is 9.90 Å². The van der Waals surface area contributed by atoms with Gasteiger partial charge >= 0.3 is 0 Å². The number of thioether (sulfide) groups is 1. The second kappa shape index (κ2) is 8.00. The molecular formula is C16H21N3O2S. The van der Waals surface area contributed by atoms with E-state index in [-0.39, 0.29) is 5.91 Å². The third kappa shape index (κ3) is 4.35. The maximum atomic E-state index is 12.1. The largest absolute Gasteiger partial charge is 0.383 e. The number of carbonyl (C=O) groups excluding carboxylic acids is 1. The van der Waals surface area contributed by atoms with E-state index in [9.17, 15) is 9.90 Å². The van der Waals surface area contributed by atoms with Gasteiger partial charge in [-0.1, -0.05) is 30.3 Å². The maximum absolute atomic E-state index is 12.1. The molecule has 0 saturated carbocycles. The van der Waals surface area contributed by atoms with Gasteiger partial charge < -0.3 is 10.0 Å². The lowest BCUT2D eigenvalue weighted by Crippen LogP contribution is -2.36. The fourth-order valence-corrected chi connectivity index (χ4v) is 2.60. The number of hydrogen-bond donors (Lipinski definition) is 2. The molecule has 1 amide bonds. The SMILES string of the molecule is CSCC[C@@H](O)C(=O)N(C)Cc1cc(-c2ccccc2)n[nH]1. The Morgan fingerprint density at radius 1 is 1.41 bits per heavy atom. The molecule has 0 aliphatic carbocycles. The number of nitrogens with zero attached hydrogens (tertiary/aromatic N) is 2. The Bertz CT molecular complexity index is 600. The Kier molecular flexibility index (Phi) is 6.03. The number of amides is 1. The Balaban J connectivity index is 1.96. The van der Waals surface area contributed by atoms with Crippen molar-refractivity contribution in [3.8, 4) is 11.3 Å². The molecule has 118 valence electrons. The summed E-state index contributed by atoms with van der Waals surface area (Å²) in [7, 11) is 1.69. The molecule has 0 radical (unpaired) electrons. The summed E-state index contributed by atoms with van der Waals surface area (Å²) >= 11 is 1.62. The fraction of sp³-hybridized carbons (Fsp3) is 0.375. The van der Waals surface area contributed by atoms with E-state index in [1.165, 1.54) is 4.90 Å². The van der Waals surface area contributed by atoms with E-state index in [0.717, 1.165) is 22.7 Å². The summed E-state index contributed by atoms with van der Waals surface area (Å²) < 4.78 is 0. The summed E-state index contributed by atoms with van der Waals surface area (Å²) in [6, 6.07) is 11.8. The second-order valence-corrected chi connectivity index (χ2v) is 6.12. The van der Waals surface area contributed by atoms with Crippen molar-refractivity contribution in [3.05, 3.63) is 42.1 Å². The average molecular weight is 319 g/mol. The first-order valence-corrected chi connectivity index (χ1v) is 8.53. The Labute approximate surface area is 134 Å². The summed E-state index contributed by atoms with van der Waals surface area (Å²) in [6.07, 6.45) is 1.49. The fourth-order valence-electron chi connectivity index (χ4n) is 2.14. The molecule has 0 bridgehead atoms. The zero-order valence-electron chi connectivity index (χ0n) is 12.8. The van der Waals surface area contributed by atoms with Gasteiger partial charge in [-0.15, -0.1) is 0 Å². The van der Waals surface area contributed by atoms with Crippen LogP contribution < -0.4 is 0 Å². The molecule has 0 fully saturated rings. The molecule has 0 aliphatic rings. The normalized spacial score (nSPS) is 12.1. The third-order valence-electron chi connectivity index (χ3n) is 3.36. The van der Waals surface area contributed by atoms with Crippen LogP contribution in [0.15, 0.2) is 36.4 Å². The van der Waals surface area contributed by atoms with Crippen molar-refractivity contribution in [3.63, 3.8) is 0 Å². The summed E-state index contributed by atoms with van der Waals surface area (Å²) in [4.78, 5) is 13.6. The van der Waals surface area contributed by atoms with Crippen LogP contribution in [0, 0.1) is 0 Å². The number of likely N-dealkylation sites (N-methyl/N-ethyl adjacent to an activating group) is 1. The third-order valence-corrected chi connectivity index (χ3v) is 4.01. The lowest BCUT2D eigenvalue weighted by molar-refractivity contribution is -0.139. The van der Waals surface area contributed by atoms with Gasteiger partial charge in [-0.2, -0.15) is 16.9 Å². The van der Waals surface area contributed by atoms with Crippen molar-refractivity contribution >= 4 is 17.7 Å². The van der Waals surface area contributed by atoms with Crippen LogP contribution in [0.4, 0.5) is 0 Å². The highest BCUT2D eigenvalue weighted by Crippen LogP contribution is 2.17. The first-order valence-electron chi connectivity index (χ1n) is 7.13. The van der Waals surface area contributed by atoms with Crippen LogP contribution >= 0.6 is 11.8 Å². The highest BCUT2D eigenvalue weighted by molar-refractivity contribution is 7.98. The minimum Gasteiger partial charge on any atom is -0.383 e. The first kappa shape index (κ1) is 16.6.